The molecule has 0 N–H and O–H groups in total. The smallest absolute Gasteiger partial charge is 0.185 e. The third kappa shape index (κ3) is 4.39. The lowest BCUT2D eigenvalue weighted by atomic mass is 10.0. The Labute approximate surface area is 163 Å². The summed E-state index contributed by atoms with van der Waals surface area (Å²) in [5.74, 6) is 0.906. The highest BCUT2D eigenvalue weighted by Crippen LogP contribution is 2.36. The summed E-state index contributed by atoms with van der Waals surface area (Å²) in [4.78, 5) is 12.5. The van der Waals surface area contributed by atoms with Gasteiger partial charge in [-0.05, 0) is 34.9 Å². The zero-order chi connectivity index (χ0) is 19.2. The van der Waals surface area contributed by atoms with E-state index in [1.165, 1.54) is 13.2 Å². The van der Waals surface area contributed by atoms with E-state index in [0.29, 0.717) is 22.1 Å². The largest absolute Gasteiger partial charge is 0.493 e. The van der Waals surface area contributed by atoms with Crippen LogP contribution in [0.5, 0.6) is 11.5 Å². The van der Waals surface area contributed by atoms with Crippen molar-refractivity contribution in [1.29, 1.82) is 0 Å². The van der Waals surface area contributed by atoms with Gasteiger partial charge in [0.15, 0.2) is 17.3 Å². The number of rotatable bonds is 6. The number of carbonyl (C=O) groups excluding carboxylic acids is 1. The van der Waals surface area contributed by atoms with Gasteiger partial charge in [-0.2, -0.15) is 0 Å². The summed E-state index contributed by atoms with van der Waals surface area (Å²) in [6.45, 7) is 0. The van der Waals surface area contributed by atoms with E-state index in [0.717, 1.165) is 16.7 Å². The quantitative estimate of drug-likeness (QED) is 0.394. The van der Waals surface area contributed by atoms with Crippen molar-refractivity contribution in [2.75, 3.05) is 14.2 Å². The molecule has 0 radical (unpaired) electrons. The predicted octanol–water partition coefficient (Wildman–Crippen LogP) is 5.92. The van der Waals surface area contributed by atoms with Crippen molar-refractivity contribution in [3.05, 3.63) is 89.0 Å². The first-order valence-corrected chi connectivity index (χ1v) is 8.79. The van der Waals surface area contributed by atoms with Crippen LogP contribution in [0.4, 0.5) is 0 Å². The van der Waals surface area contributed by atoms with Gasteiger partial charge in [-0.25, -0.2) is 0 Å². The second-order valence-electron chi connectivity index (χ2n) is 5.88. The van der Waals surface area contributed by atoms with Gasteiger partial charge >= 0.3 is 0 Å². The van der Waals surface area contributed by atoms with Crippen LogP contribution in [0.15, 0.2) is 72.8 Å². The molecule has 0 aliphatic rings. The van der Waals surface area contributed by atoms with Gasteiger partial charge < -0.3 is 9.47 Å². The third-order valence-electron chi connectivity index (χ3n) is 4.16. The molecular formula is C23H19ClO3. The minimum atomic E-state index is -0.0829. The van der Waals surface area contributed by atoms with Crippen LogP contribution in [0.3, 0.4) is 0 Å². The number of allylic oxidation sites excluding steroid dienone is 1. The van der Waals surface area contributed by atoms with Gasteiger partial charge in [0.05, 0.1) is 19.2 Å². The number of benzene rings is 3. The fourth-order valence-electron chi connectivity index (χ4n) is 2.76. The van der Waals surface area contributed by atoms with Crippen molar-refractivity contribution >= 4 is 23.5 Å². The van der Waals surface area contributed by atoms with Crippen molar-refractivity contribution in [2.45, 2.75) is 0 Å². The third-order valence-corrected chi connectivity index (χ3v) is 4.44. The second kappa shape index (κ2) is 8.56. The molecule has 0 aromatic heterocycles. The van der Waals surface area contributed by atoms with Crippen LogP contribution in [-0.2, 0) is 0 Å². The highest BCUT2D eigenvalue weighted by molar-refractivity contribution is 6.32. The Morgan fingerprint density at radius 3 is 2.19 bits per heavy atom. The van der Waals surface area contributed by atoms with Crippen molar-refractivity contribution in [3.8, 4) is 22.6 Å². The van der Waals surface area contributed by atoms with Crippen molar-refractivity contribution in [1.82, 2.24) is 0 Å². The van der Waals surface area contributed by atoms with Crippen LogP contribution in [-0.4, -0.2) is 20.0 Å². The van der Waals surface area contributed by atoms with Crippen LogP contribution in [0, 0.1) is 0 Å². The van der Waals surface area contributed by atoms with E-state index in [2.05, 4.69) is 0 Å². The maximum Gasteiger partial charge on any atom is 0.185 e. The average molecular weight is 379 g/mol. The molecule has 0 saturated heterocycles. The van der Waals surface area contributed by atoms with Crippen LogP contribution >= 0.6 is 11.6 Å². The zero-order valence-corrected chi connectivity index (χ0v) is 15.9. The van der Waals surface area contributed by atoms with E-state index in [1.54, 1.807) is 25.3 Å². The molecule has 3 aromatic rings. The monoisotopic (exact) mass is 378 g/mol. The number of hydrogen-bond acceptors (Lipinski definition) is 3. The Kier molecular flexibility index (Phi) is 5.94. The molecule has 4 heteroatoms. The summed E-state index contributed by atoms with van der Waals surface area (Å²) < 4.78 is 10.5. The summed E-state index contributed by atoms with van der Waals surface area (Å²) in [5.41, 5.74) is 3.57. The van der Waals surface area contributed by atoms with E-state index in [-0.39, 0.29) is 5.78 Å². The number of ether oxygens (including phenoxy) is 2. The molecule has 3 nitrogen and oxygen atoms in total. The first kappa shape index (κ1) is 18.7. The maximum atomic E-state index is 12.5. The van der Waals surface area contributed by atoms with Crippen LogP contribution in [0.1, 0.15) is 15.9 Å². The van der Waals surface area contributed by atoms with Crippen LogP contribution < -0.4 is 9.47 Å². The number of halogens is 1. The lowest BCUT2D eigenvalue weighted by Gasteiger charge is -2.10. The fourth-order valence-corrected chi connectivity index (χ4v) is 3.06. The van der Waals surface area contributed by atoms with Gasteiger partial charge in [-0.1, -0.05) is 72.3 Å². The number of methoxy groups -OCH3 is 2. The Morgan fingerprint density at radius 2 is 1.56 bits per heavy atom. The van der Waals surface area contributed by atoms with Crippen molar-refractivity contribution in [3.63, 3.8) is 0 Å². The van der Waals surface area contributed by atoms with Gasteiger partial charge in [-0.15, -0.1) is 0 Å². The molecule has 0 fully saturated rings. The first-order chi connectivity index (χ1) is 13.1. The highest BCUT2D eigenvalue weighted by Gasteiger charge is 2.10. The Bertz CT molecular complexity index is 961. The normalized spacial score (nSPS) is 10.8. The highest BCUT2D eigenvalue weighted by atomic mass is 35.5. The molecule has 3 aromatic carbocycles. The van der Waals surface area contributed by atoms with E-state index in [1.807, 2.05) is 54.6 Å². The lowest BCUT2D eigenvalue weighted by molar-refractivity contribution is 0.104. The summed E-state index contributed by atoms with van der Waals surface area (Å²) in [5, 5.41) is 0.427. The number of hydrogen-bond donors (Lipinski definition) is 0. The molecule has 0 heterocycles. The van der Waals surface area contributed by atoms with Crippen molar-refractivity contribution < 1.29 is 14.3 Å². The fraction of sp³-hybridized carbons (Fsp3) is 0.0870. The topological polar surface area (TPSA) is 35.5 Å². The molecule has 0 amide bonds. The summed E-state index contributed by atoms with van der Waals surface area (Å²) in [6, 6.07) is 21.1. The van der Waals surface area contributed by atoms with Gasteiger partial charge in [0.25, 0.3) is 0 Å². The molecule has 0 aliphatic heterocycles. The zero-order valence-electron chi connectivity index (χ0n) is 15.1. The molecule has 136 valence electrons. The number of carbonyl (C=O) groups is 1. The summed E-state index contributed by atoms with van der Waals surface area (Å²) in [7, 11) is 3.07. The SMILES string of the molecule is COc1cc(/C=C/C(=O)c2ccc(-c3ccccc3)cc2)cc(Cl)c1OC. The molecule has 0 saturated carbocycles. The standard InChI is InChI=1S/C23H19ClO3/c1-26-22-15-16(14-20(24)23(22)27-2)8-13-21(25)19-11-9-18(10-12-19)17-6-4-3-5-7-17/h3-15H,1-2H3/b13-8+. The van der Waals surface area contributed by atoms with E-state index >= 15 is 0 Å². The van der Waals surface area contributed by atoms with E-state index in [9.17, 15) is 4.79 Å². The van der Waals surface area contributed by atoms with Crippen LogP contribution in [0.2, 0.25) is 5.02 Å². The van der Waals surface area contributed by atoms with Gasteiger partial charge in [0.1, 0.15) is 0 Å². The molecule has 0 bridgehead atoms. The van der Waals surface area contributed by atoms with Gasteiger partial charge in [-0.3, -0.25) is 4.79 Å². The van der Waals surface area contributed by atoms with E-state index < -0.39 is 0 Å². The average Bonchev–Trinajstić information content (AvgIpc) is 2.72. The molecule has 0 atom stereocenters. The maximum absolute atomic E-state index is 12.5. The molecular weight excluding hydrogens is 360 g/mol. The van der Waals surface area contributed by atoms with Crippen molar-refractivity contribution in [2.24, 2.45) is 0 Å². The first-order valence-electron chi connectivity index (χ1n) is 8.42. The molecule has 27 heavy (non-hydrogen) atoms. The molecule has 0 aliphatic carbocycles. The Hall–Kier alpha value is -3.04. The second-order valence-corrected chi connectivity index (χ2v) is 6.29. The molecule has 0 spiro atoms. The minimum Gasteiger partial charge on any atom is -0.493 e. The Morgan fingerprint density at radius 1 is 0.889 bits per heavy atom. The van der Waals surface area contributed by atoms with Gasteiger partial charge in [0, 0.05) is 5.56 Å². The van der Waals surface area contributed by atoms with Crippen LogP contribution in [0.25, 0.3) is 17.2 Å². The minimum absolute atomic E-state index is 0.0829. The van der Waals surface area contributed by atoms with Gasteiger partial charge in [0.2, 0.25) is 0 Å². The summed E-state index contributed by atoms with van der Waals surface area (Å²) >= 11 is 6.20. The summed E-state index contributed by atoms with van der Waals surface area (Å²) in [6.07, 6.45) is 3.23. The molecule has 3 rings (SSSR count). The lowest BCUT2D eigenvalue weighted by Crippen LogP contribution is -1.95. The number of ketones is 1. The molecule has 0 unspecified atom stereocenters. The predicted molar refractivity (Wildman–Crippen MR) is 110 cm³/mol. The van der Waals surface area contributed by atoms with E-state index in [4.69, 9.17) is 21.1 Å². The Balaban J connectivity index is 1.78.